The number of amides is 3. The second-order valence-corrected chi connectivity index (χ2v) is 9.63. The molecule has 196 valence electrons. The Bertz CT molecular complexity index is 1370. The fourth-order valence-electron chi connectivity index (χ4n) is 4.01. The zero-order valence-electron chi connectivity index (χ0n) is 21.6. The first-order chi connectivity index (χ1) is 18.3. The number of hydrogen-bond donors (Lipinski definition) is 2. The van der Waals surface area contributed by atoms with Crippen molar-refractivity contribution in [1.82, 2.24) is 0 Å². The highest BCUT2D eigenvalue weighted by Crippen LogP contribution is 2.30. The number of imide groups is 1. The molecule has 0 spiro atoms. The van der Waals surface area contributed by atoms with Crippen LogP contribution in [-0.2, 0) is 16.0 Å². The van der Waals surface area contributed by atoms with Gasteiger partial charge in [0.1, 0.15) is 16.5 Å². The Morgan fingerprint density at radius 2 is 1.66 bits per heavy atom. The molecule has 8 heteroatoms. The average molecular weight is 532 g/mol. The van der Waals surface area contributed by atoms with E-state index in [4.69, 9.17) is 16.3 Å². The maximum Gasteiger partial charge on any atom is 0.283 e. The van der Waals surface area contributed by atoms with Gasteiger partial charge in [-0.3, -0.25) is 14.4 Å². The van der Waals surface area contributed by atoms with Crippen LogP contribution in [0.2, 0.25) is 0 Å². The van der Waals surface area contributed by atoms with Gasteiger partial charge < -0.3 is 15.4 Å². The van der Waals surface area contributed by atoms with Crippen molar-refractivity contribution in [3.63, 3.8) is 0 Å². The van der Waals surface area contributed by atoms with Gasteiger partial charge in [0.2, 0.25) is 0 Å². The van der Waals surface area contributed by atoms with Crippen molar-refractivity contribution < 1.29 is 19.1 Å². The summed E-state index contributed by atoms with van der Waals surface area (Å²) in [6.07, 6.45) is 3.15. The van der Waals surface area contributed by atoms with Crippen molar-refractivity contribution in [2.45, 2.75) is 46.1 Å². The molecule has 4 rings (SSSR count). The van der Waals surface area contributed by atoms with Gasteiger partial charge in [-0.05, 0) is 86.8 Å². The highest BCUT2D eigenvalue weighted by atomic mass is 35.5. The Balaban J connectivity index is 1.45. The maximum atomic E-state index is 13.2. The van der Waals surface area contributed by atoms with E-state index in [0.717, 1.165) is 29.7 Å². The van der Waals surface area contributed by atoms with Gasteiger partial charge in [0.05, 0.1) is 11.8 Å². The summed E-state index contributed by atoms with van der Waals surface area (Å²) in [6, 6.07) is 21.0. The third-order valence-electron chi connectivity index (χ3n) is 5.92. The first-order valence-electron chi connectivity index (χ1n) is 12.6. The smallest absolute Gasteiger partial charge is 0.283 e. The van der Waals surface area contributed by atoms with Crippen LogP contribution in [0.1, 0.15) is 49.5 Å². The molecule has 7 nitrogen and oxygen atoms in total. The SMILES string of the molecule is CCCCc1ccc(N2C(=O)C(Cl)=C(Nc3cccc(C(=O)Nc4ccc(OC(C)C)cc4)c3)C2=O)cc1. The number of nitrogens with zero attached hydrogens (tertiary/aromatic N) is 1. The van der Waals surface area contributed by atoms with Gasteiger partial charge in [0, 0.05) is 16.9 Å². The van der Waals surface area contributed by atoms with E-state index < -0.39 is 11.8 Å². The Kier molecular flexibility index (Phi) is 8.48. The molecule has 0 aliphatic carbocycles. The number of benzene rings is 3. The van der Waals surface area contributed by atoms with E-state index in [9.17, 15) is 14.4 Å². The van der Waals surface area contributed by atoms with Crippen LogP contribution in [0.25, 0.3) is 0 Å². The number of nitrogens with one attached hydrogen (secondary N) is 2. The summed E-state index contributed by atoms with van der Waals surface area (Å²) in [5.41, 5.74) is 2.98. The van der Waals surface area contributed by atoms with Crippen LogP contribution in [0.5, 0.6) is 5.75 Å². The van der Waals surface area contributed by atoms with Crippen LogP contribution >= 0.6 is 11.6 Å². The second-order valence-electron chi connectivity index (χ2n) is 9.26. The molecule has 0 unspecified atom stereocenters. The lowest BCUT2D eigenvalue weighted by Gasteiger charge is -2.16. The second kappa shape index (κ2) is 12.0. The van der Waals surface area contributed by atoms with Crippen LogP contribution in [0.3, 0.4) is 0 Å². The molecule has 1 aliphatic rings. The van der Waals surface area contributed by atoms with Gasteiger partial charge in [-0.15, -0.1) is 0 Å². The topological polar surface area (TPSA) is 87.7 Å². The third kappa shape index (κ3) is 6.23. The number of unbranched alkanes of at least 4 members (excludes halogenated alkanes) is 1. The molecular weight excluding hydrogens is 502 g/mol. The molecule has 0 fully saturated rings. The lowest BCUT2D eigenvalue weighted by atomic mass is 10.1. The van der Waals surface area contributed by atoms with E-state index in [2.05, 4.69) is 17.6 Å². The van der Waals surface area contributed by atoms with Gasteiger partial charge in [-0.25, -0.2) is 4.90 Å². The van der Waals surface area contributed by atoms with Crippen LogP contribution < -0.4 is 20.3 Å². The quantitative estimate of drug-likeness (QED) is 0.291. The summed E-state index contributed by atoms with van der Waals surface area (Å²) < 4.78 is 5.63. The number of rotatable bonds is 10. The molecule has 0 radical (unpaired) electrons. The minimum Gasteiger partial charge on any atom is -0.491 e. The maximum absolute atomic E-state index is 13.2. The zero-order chi connectivity index (χ0) is 27.2. The van der Waals surface area contributed by atoms with Crippen LogP contribution in [-0.4, -0.2) is 23.8 Å². The van der Waals surface area contributed by atoms with E-state index in [1.165, 1.54) is 0 Å². The molecule has 0 saturated carbocycles. The monoisotopic (exact) mass is 531 g/mol. The van der Waals surface area contributed by atoms with E-state index in [0.29, 0.717) is 28.4 Å². The fraction of sp³-hybridized carbons (Fsp3) is 0.233. The summed E-state index contributed by atoms with van der Waals surface area (Å²) >= 11 is 6.29. The van der Waals surface area contributed by atoms with Gasteiger partial charge in [-0.2, -0.15) is 0 Å². The summed E-state index contributed by atoms with van der Waals surface area (Å²) in [5, 5.41) is 5.57. The standard InChI is InChI=1S/C30H30ClN3O4/c1-4-5-7-20-10-14-24(15-11-20)34-29(36)26(31)27(30(34)37)32-23-9-6-8-21(18-23)28(35)33-22-12-16-25(17-13-22)38-19(2)3/h6,8-19,32H,4-5,7H2,1-3H3,(H,33,35). The molecule has 0 aromatic heterocycles. The minimum absolute atomic E-state index is 0.0370. The minimum atomic E-state index is -0.598. The molecule has 1 heterocycles. The van der Waals surface area contributed by atoms with Gasteiger partial charge in [0.25, 0.3) is 17.7 Å². The number of anilines is 3. The van der Waals surface area contributed by atoms with E-state index in [1.54, 1.807) is 60.7 Å². The lowest BCUT2D eigenvalue weighted by Crippen LogP contribution is -2.32. The van der Waals surface area contributed by atoms with Gasteiger partial charge in [0.15, 0.2) is 0 Å². The Morgan fingerprint density at radius 3 is 2.32 bits per heavy atom. The van der Waals surface area contributed by atoms with E-state index >= 15 is 0 Å². The fourth-order valence-corrected chi connectivity index (χ4v) is 4.23. The number of carbonyl (C=O) groups excluding carboxylic acids is 3. The molecule has 2 N–H and O–H groups in total. The first kappa shape index (κ1) is 26.9. The van der Waals surface area contributed by atoms with Gasteiger partial charge in [-0.1, -0.05) is 43.1 Å². The Hall–Kier alpha value is -4.10. The largest absolute Gasteiger partial charge is 0.491 e. The molecule has 1 aliphatic heterocycles. The molecular formula is C30H30ClN3O4. The highest BCUT2D eigenvalue weighted by Gasteiger charge is 2.39. The molecule has 0 saturated heterocycles. The molecule has 3 aromatic carbocycles. The third-order valence-corrected chi connectivity index (χ3v) is 6.27. The number of aryl methyl sites for hydroxylation is 1. The normalized spacial score (nSPS) is 13.3. The average Bonchev–Trinajstić information content (AvgIpc) is 3.11. The number of carbonyl (C=O) groups is 3. The molecule has 0 bridgehead atoms. The summed E-state index contributed by atoms with van der Waals surface area (Å²) in [6.45, 7) is 6.01. The summed E-state index contributed by atoms with van der Waals surface area (Å²) in [5.74, 6) is -0.768. The van der Waals surface area contributed by atoms with Crippen molar-refractivity contribution >= 4 is 46.4 Å². The van der Waals surface area contributed by atoms with Crippen molar-refractivity contribution in [2.24, 2.45) is 0 Å². The summed E-state index contributed by atoms with van der Waals surface area (Å²) in [4.78, 5) is 39.9. The molecule has 3 amide bonds. The van der Waals surface area contributed by atoms with E-state index in [-0.39, 0.29) is 22.7 Å². The Labute approximate surface area is 227 Å². The number of halogens is 1. The van der Waals surface area contributed by atoms with Crippen molar-refractivity contribution in [3.8, 4) is 5.75 Å². The molecule has 3 aromatic rings. The predicted octanol–water partition coefficient (Wildman–Crippen LogP) is 6.50. The van der Waals surface area contributed by atoms with Crippen LogP contribution in [0.15, 0.2) is 83.5 Å². The van der Waals surface area contributed by atoms with E-state index in [1.807, 2.05) is 26.0 Å². The van der Waals surface area contributed by atoms with Crippen molar-refractivity contribution in [3.05, 3.63) is 94.7 Å². The molecule has 0 atom stereocenters. The van der Waals surface area contributed by atoms with Crippen LogP contribution in [0, 0.1) is 0 Å². The lowest BCUT2D eigenvalue weighted by molar-refractivity contribution is -0.120. The molecule has 38 heavy (non-hydrogen) atoms. The van der Waals surface area contributed by atoms with Crippen molar-refractivity contribution in [2.75, 3.05) is 15.5 Å². The Morgan fingerprint density at radius 1 is 0.947 bits per heavy atom. The number of hydrogen-bond acceptors (Lipinski definition) is 5. The van der Waals surface area contributed by atoms with Gasteiger partial charge >= 0.3 is 0 Å². The van der Waals surface area contributed by atoms with Crippen molar-refractivity contribution in [1.29, 1.82) is 0 Å². The number of ether oxygens (including phenoxy) is 1. The van der Waals surface area contributed by atoms with Crippen LogP contribution in [0.4, 0.5) is 17.1 Å². The summed E-state index contributed by atoms with van der Waals surface area (Å²) in [7, 11) is 0. The zero-order valence-corrected chi connectivity index (χ0v) is 22.3. The predicted molar refractivity (Wildman–Crippen MR) is 151 cm³/mol. The highest BCUT2D eigenvalue weighted by molar-refractivity contribution is 6.53. The first-order valence-corrected chi connectivity index (χ1v) is 13.0.